The van der Waals surface area contributed by atoms with Crippen molar-refractivity contribution in [1.82, 2.24) is 10.2 Å². The van der Waals surface area contributed by atoms with Crippen molar-refractivity contribution in [2.45, 2.75) is 31.7 Å². The van der Waals surface area contributed by atoms with Crippen LogP contribution in [0.1, 0.15) is 31.2 Å². The molecule has 1 fully saturated rings. The van der Waals surface area contributed by atoms with Gasteiger partial charge in [-0.2, -0.15) is 0 Å². The van der Waals surface area contributed by atoms with Gasteiger partial charge in [0.2, 0.25) is 5.91 Å². The van der Waals surface area contributed by atoms with Gasteiger partial charge in [-0.3, -0.25) is 4.79 Å². The predicted octanol–water partition coefficient (Wildman–Crippen LogP) is 2.65. The number of carbonyl (C=O) groups excluding carboxylic acids is 1. The van der Waals surface area contributed by atoms with Gasteiger partial charge >= 0.3 is 0 Å². The molecule has 0 radical (unpaired) electrons. The standard InChI is InChI=1S/C15H21ClN2O/c1-11(12-4-3-5-13(16)10-12)15(19)18-8-6-14(17-2)7-9-18/h3-5,10-11,14,17H,6-9H2,1-2H3. The summed E-state index contributed by atoms with van der Waals surface area (Å²) < 4.78 is 0. The number of amides is 1. The van der Waals surface area contributed by atoms with Gasteiger partial charge in [-0.15, -0.1) is 0 Å². The molecule has 19 heavy (non-hydrogen) atoms. The molecule has 1 atom stereocenters. The molecule has 3 nitrogen and oxygen atoms in total. The molecular weight excluding hydrogens is 260 g/mol. The SMILES string of the molecule is CNC1CCN(C(=O)C(C)c2cccc(Cl)c2)CC1. The number of hydrogen-bond donors (Lipinski definition) is 1. The molecule has 1 aliphatic heterocycles. The van der Waals surface area contributed by atoms with Gasteiger partial charge in [0.25, 0.3) is 0 Å². The number of halogens is 1. The Labute approximate surface area is 119 Å². The van der Waals surface area contributed by atoms with Crippen molar-refractivity contribution in [3.63, 3.8) is 0 Å². The largest absolute Gasteiger partial charge is 0.342 e. The highest BCUT2D eigenvalue weighted by atomic mass is 35.5. The summed E-state index contributed by atoms with van der Waals surface area (Å²) in [5, 5.41) is 3.96. The van der Waals surface area contributed by atoms with Gasteiger partial charge in [-0.25, -0.2) is 0 Å². The molecule has 0 aliphatic carbocycles. The number of benzene rings is 1. The van der Waals surface area contributed by atoms with E-state index in [1.165, 1.54) is 0 Å². The van der Waals surface area contributed by atoms with E-state index in [4.69, 9.17) is 11.6 Å². The predicted molar refractivity (Wildman–Crippen MR) is 78.5 cm³/mol. The molecule has 0 bridgehead atoms. The van der Waals surface area contributed by atoms with E-state index in [2.05, 4.69) is 5.32 Å². The molecule has 1 N–H and O–H groups in total. The van der Waals surface area contributed by atoms with Crippen LogP contribution in [0.5, 0.6) is 0 Å². The average Bonchev–Trinajstić information content (AvgIpc) is 2.46. The highest BCUT2D eigenvalue weighted by molar-refractivity contribution is 6.30. The molecule has 1 saturated heterocycles. The van der Waals surface area contributed by atoms with Crippen LogP contribution in [-0.2, 0) is 4.79 Å². The van der Waals surface area contributed by atoms with Crippen LogP contribution in [0.4, 0.5) is 0 Å². The summed E-state index contributed by atoms with van der Waals surface area (Å²) in [6.45, 7) is 3.64. The average molecular weight is 281 g/mol. The first-order valence-electron chi connectivity index (χ1n) is 6.83. The Bertz CT molecular complexity index is 442. The Morgan fingerprint density at radius 2 is 2.11 bits per heavy atom. The maximum absolute atomic E-state index is 12.5. The zero-order valence-corrected chi connectivity index (χ0v) is 12.3. The molecule has 0 saturated carbocycles. The van der Waals surface area contributed by atoms with E-state index in [0.29, 0.717) is 11.1 Å². The summed E-state index contributed by atoms with van der Waals surface area (Å²) in [5.41, 5.74) is 0.994. The first-order valence-corrected chi connectivity index (χ1v) is 7.21. The van der Waals surface area contributed by atoms with E-state index < -0.39 is 0 Å². The van der Waals surface area contributed by atoms with E-state index in [0.717, 1.165) is 31.5 Å². The van der Waals surface area contributed by atoms with Gasteiger partial charge in [-0.1, -0.05) is 23.7 Å². The lowest BCUT2D eigenvalue weighted by atomic mass is 9.97. The monoisotopic (exact) mass is 280 g/mol. The fraction of sp³-hybridized carbons (Fsp3) is 0.533. The van der Waals surface area contributed by atoms with Crippen LogP contribution < -0.4 is 5.32 Å². The van der Waals surface area contributed by atoms with Gasteiger partial charge in [0.05, 0.1) is 5.92 Å². The number of rotatable bonds is 3. The normalized spacial score (nSPS) is 18.4. The third-order valence-corrected chi connectivity index (χ3v) is 4.17. The van der Waals surface area contributed by atoms with Crippen molar-refractivity contribution in [1.29, 1.82) is 0 Å². The topological polar surface area (TPSA) is 32.3 Å². The van der Waals surface area contributed by atoms with Crippen LogP contribution in [0.25, 0.3) is 0 Å². The summed E-state index contributed by atoms with van der Waals surface area (Å²) >= 11 is 5.98. The van der Waals surface area contributed by atoms with Crippen molar-refractivity contribution in [3.8, 4) is 0 Å². The van der Waals surface area contributed by atoms with Crippen molar-refractivity contribution in [3.05, 3.63) is 34.9 Å². The van der Waals surface area contributed by atoms with Crippen LogP contribution in [0, 0.1) is 0 Å². The first-order chi connectivity index (χ1) is 9.11. The van der Waals surface area contributed by atoms with Crippen molar-refractivity contribution in [2.75, 3.05) is 20.1 Å². The molecule has 104 valence electrons. The van der Waals surface area contributed by atoms with Crippen LogP contribution in [-0.4, -0.2) is 37.0 Å². The summed E-state index contributed by atoms with van der Waals surface area (Å²) in [4.78, 5) is 14.4. The van der Waals surface area contributed by atoms with Crippen LogP contribution in [0.15, 0.2) is 24.3 Å². The smallest absolute Gasteiger partial charge is 0.229 e. The number of carbonyl (C=O) groups is 1. The number of hydrogen-bond acceptors (Lipinski definition) is 2. The van der Waals surface area contributed by atoms with Crippen LogP contribution in [0.3, 0.4) is 0 Å². The highest BCUT2D eigenvalue weighted by Gasteiger charge is 2.26. The number of piperidine rings is 1. The Hall–Kier alpha value is -1.06. The molecule has 2 rings (SSSR count). The van der Waals surface area contributed by atoms with Gasteiger partial charge < -0.3 is 10.2 Å². The maximum atomic E-state index is 12.5. The zero-order chi connectivity index (χ0) is 13.8. The molecule has 0 spiro atoms. The molecular formula is C15H21ClN2O. The highest BCUT2D eigenvalue weighted by Crippen LogP contribution is 2.23. The molecule has 1 amide bonds. The lowest BCUT2D eigenvalue weighted by Crippen LogP contribution is -2.45. The fourth-order valence-electron chi connectivity index (χ4n) is 2.58. The Morgan fingerprint density at radius 3 is 2.68 bits per heavy atom. The molecule has 4 heteroatoms. The van der Waals surface area contributed by atoms with Gasteiger partial charge in [0, 0.05) is 24.2 Å². The van der Waals surface area contributed by atoms with E-state index in [9.17, 15) is 4.79 Å². The van der Waals surface area contributed by atoms with E-state index >= 15 is 0 Å². The minimum Gasteiger partial charge on any atom is -0.342 e. The van der Waals surface area contributed by atoms with Crippen molar-refractivity contribution >= 4 is 17.5 Å². The molecule has 1 aromatic rings. The van der Waals surface area contributed by atoms with E-state index in [1.54, 1.807) is 0 Å². The molecule has 1 aromatic carbocycles. The van der Waals surface area contributed by atoms with Gasteiger partial charge in [0.15, 0.2) is 0 Å². The molecule has 1 heterocycles. The number of likely N-dealkylation sites (tertiary alicyclic amines) is 1. The third kappa shape index (κ3) is 3.48. The van der Waals surface area contributed by atoms with E-state index in [1.807, 2.05) is 43.1 Å². The van der Waals surface area contributed by atoms with Gasteiger partial charge in [-0.05, 0) is 44.5 Å². The van der Waals surface area contributed by atoms with Crippen LogP contribution in [0.2, 0.25) is 5.02 Å². The number of nitrogens with zero attached hydrogens (tertiary/aromatic N) is 1. The summed E-state index contributed by atoms with van der Waals surface area (Å²) in [6.07, 6.45) is 2.06. The molecule has 0 aromatic heterocycles. The second-order valence-electron chi connectivity index (χ2n) is 5.16. The molecule has 1 unspecified atom stereocenters. The summed E-state index contributed by atoms with van der Waals surface area (Å²) in [6, 6.07) is 8.12. The Balaban J connectivity index is 2.00. The zero-order valence-electron chi connectivity index (χ0n) is 11.5. The summed E-state index contributed by atoms with van der Waals surface area (Å²) in [5.74, 6) is 0.0849. The Kier molecular flexibility index (Phi) is 4.83. The molecule has 1 aliphatic rings. The van der Waals surface area contributed by atoms with Crippen molar-refractivity contribution < 1.29 is 4.79 Å². The van der Waals surface area contributed by atoms with Crippen molar-refractivity contribution in [2.24, 2.45) is 0 Å². The fourth-order valence-corrected chi connectivity index (χ4v) is 2.78. The lowest BCUT2D eigenvalue weighted by Gasteiger charge is -2.33. The second-order valence-corrected chi connectivity index (χ2v) is 5.60. The second kappa shape index (κ2) is 6.40. The van der Waals surface area contributed by atoms with Crippen LogP contribution >= 0.6 is 11.6 Å². The minimum absolute atomic E-state index is 0.121. The summed E-state index contributed by atoms with van der Waals surface area (Å²) in [7, 11) is 1.98. The lowest BCUT2D eigenvalue weighted by molar-refractivity contribution is -0.133. The third-order valence-electron chi connectivity index (χ3n) is 3.93. The first kappa shape index (κ1) is 14.4. The minimum atomic E-state index is -0.121. The maximum Gasteiger partial charge on any atom is 0.229 e. The number of nitrogens with one attached hydrogen (secondary N) is 1. The Morgan fingerprint density at radius 1 is 1.42 bits per heavy atom. The van der Waals surface area contributed by atoms with E-state index in [-0.39, 0.29) is 11.8 Å². The quantitative estimate of drug-likeness (QED) is 0.923. The van der Waals surface area contributed by atoms with Gasteiger partial charge in [0.1, 0.15) is 0 Å².